The summed E-state index contributed by atoms with van der Waals surface area (Å²) in [6, 6.07) is 5.84. The van der Waals surface area contributed by atoms with Gasteiger partial charge in [0.1, 0.15) is 11.9 Å². The molecule has 0 saturated heterocycles. The van der Waals surface area contributed by atoms with Gasteiger partial charge in [0.15, 0.2) is 0 Å². The summed E-state index contributed by atoms with van der Waals surface area (Å²) in [6.07, 6.45) is 5.76. The Bertz CT molecular complexity index is 583. The third-order valence-electron chi connectivity index (χ3n) is 4.82. The van der Waals surface area contributed by atoms with E-state index in [4.69, 9.17) is 0 Å². The van der Waals surface area contributed by atoms with Gasteiger partial charge >= 0.3 is 0 Å². The Labute approximate surface area is 149 Å². The van der Waals surface area contributed by atoms with E-state index in [2.05, 4.69) is 10.6 Å². The van der Waals surface area contributed by atoms with Crippen LogP contribution in [0.25, 0.3) is 0 Å². The van der Waals surface area contributed by atoms with Crippen LogP contribution in [0.2, 0.25) is 0 Å². The second kappa shape index (κ2) is 9.54. The first-order valence-electron chi connectivity index (χ1n) is 9.30. The maximum Gasteiger partial charge on any atom is 0.242 e. The van der Waals surface area contributed by atoms with E-state index in [-0.39, 0.29) is 29.5 Å². The van der Waals surface area contributed by atoms with Crippen LogP contribution in [0.15, 0.2) is 24.3 Å². The largest absolute Gasteiger partial charge is 0.354 e. The number of nitrogens with one attached hydrogen (secondary N) is 2. The Morgan fingerprint density at radius 2 is 1.92 bits per heavy atom. The summed E-state index contributed by atoms with van der Waals surface area (Å²) in [7, 11) is 0. The fourth-order valence-electron chi connectivity index (χ4n) is 3.30. The predicted octanol–water partition coefficient (Wildman–Crippen LogP) is 3.21. The van der Waals surface area contributed by atoms with Crippen molar-refractivity contribution in [3.05, 3.63) is 35.6 Å². The lowest BCUT2D eigenvalue weighted by molar-refractivity contribution is -0.132. The third kappa shape index (κ3) is 6.15. The molecule has 1 aromatic rings. The van der Waals surface area contributed by atoms with Crippen LogP contribution < -0.4 is 10.6 Å². The topological polar surface area (TPSA) is 58.2 Å². The van der Waals surface area contributed by atoms with Crippen molar-refractivity contribution >= 4 is 11.8 Å². The van der Waals surface area contributed by atoms with Crippen molar-refractivity contribution in [2.45, 2.75) is 58.4 Å². The molecule has 0 heterocycles. The SMILES string of the molecule is CC(C)[C@H](NC(=O)C1CCCCC1)C(=O)NCCc1cccc(F)c1. The molecule has 0 aliphatic heterocycles. The lowest BCUT2D eigenvalue weighted by atomic mass is 9.88. The summed E-state index contributed by atoms with van der Waals surface area (Å²) in [4.78, 5) is 24.9. The number of carbonyl (C=O) groups excluding carboxylic acids is 2. The molecule has 5 heteroatoms. The minimum atomic E-state index is -0.526. The fourth-order valence-corrected chi connectivity index (χ4v) is 3.30. The molecule has 138 valence electrons. The normalized spacial score (nSPS) is 16.5. The van der Waals surface area contributed by atoms with E-state index in [9.17, 15) is 14.0 Å². The molecule has 1 fully saturated rings. The summed E-state index contributed by atoms with van der Waals surface area (Å²) in [5, 5.41) is 5.80. The molecule has 1 aromatic carbocycles. The summed E-state index contributed by atoms with van der Waals surface area (Å²) in [5.74, 6) is -0.394. The van der Waals surface area contributed by atoms with E-state index in [1.54, 1.807) is 6.07 Å². The molecule has 0 bridgehead atoms. The molecule has 0 unspecified atom stereocenters. The van der Waals surface area contributed by atoms with Crippen LogP contribution in [-0.4, -0.2) is 24.4 Å². The Balaban J connectivity index is 1.83. The van der Waals surface area contributed by atoms with Crippen molar-refractivity contribution in [2.24, 2.45) is 11.8 Å². The lowest BCUT2D eigenvalue weighted by Gasteiger charge is -2.26. The molecule has 0 spiro atoms. The number of rotatable bonds is 7. The summed E-state index contributed by atoms with van der Waals surface area (Å²) in [5.41, 5.74) is 0.840. The Hall–Kier alpha value is -1.91. The predicted molar refractivity (Wildman–Crippen MR) is 96.5 cm³/mol. The minimum absolute atomic E-state index is 0.00122. The van der Waals surface area contributed by atoms with Crippen molar-refractivity contribution in [2.75, 3.05) is 6.54 Å². The zero-order valence-corrected chi connectivity index (χ0v) is 15.2. The highest BCUT2D eigenvalue weighted by Crippen LogP contribution is 2.24. The quantitative estimate of drug-likeness (QED) is 0.795. The van der Waals surface area contributed by atoms with Gasteiger partial charge in [0.05, 0.1) is 0 Å². The fraction of sp³-hybridized carbons (Fsp3) is 0.600. The summed E-state index contributed by atoms with van der Waals surface area (Å²) < 4.78 is 13.2. The van der Waals surface area contributed by atoms with Crippen LogP contribution >= 0.6 is 0 Å². The van der Waals surface area contributed by atoms with Crippen LogP contribution in [0.3, 0.4) is 0 Å². The smallest absolute Gasteiger partial charge is 0.242 e. The van der Waals surface area contributed by atoms with Gasteiger partial charge in [-0.3, -0.25) is 9.59 Å². The number of carbonyl (C=O) groups is 2. The highest BCUT2D eigenvalue weighted by Gasteiger charge is 2.28. The van der Waals surface area contributed by atoms with Crippen LogP contribution in [-0.2, 0) is 16.0 Å². The second-order valence-corrected chi connectivity index (χ2v) is 7.24. The molecule has 0 aromatic heterocycles. The highest BCUT2D eigenvalue weighted by atomic mass is 19.1. The second-order valence-electron chi connectivity index (χ2n) is 7.24. The van der Waals surface area contributed by atoms with E-state index in [0.29, 0.717) is 13.0 Å². The molecular weight excluding hydrogens is 319 g/mol. The summed E-state index contributed by atoms with van der Waals surface area (Å²) >= 11 is 0. The van der Waals surface area contributed by atoms with Crippen LogP contribution in [0.4, 0.5) is 4.39 Å². The minimum Gasteiger partial charge on any atom is -0.354 e. The van der Waals surface area contributed by atoms with Crippen molar-refractivity contribution < 1.29 is 14.0 Å². The first kappa shape index (κ1) is 19.4. The van der Waals surface area contributed by atoms with Crippen molar-refractivity contribution in [3.8, 4) is 0 Å². The average Bonchev–Trinajstić information content (AvgIpc) is 2.60. The average molecular weight is 348 g/mol. The van der Waals surface area contributed by atoms with Crippen LogP contribution in [0.5, 0.6) is 0 Å². The van der Waals surface area contributed by atoms with Gasteiger partial charge < -0.3 is 10.6 Å². The molecule has 2 amide bonds. The molecule has 2 N–H and O–H groups in total. The molecule has 1 atom stereocenters. The van der Waals surface area contributed by atoms with Gasteiger partial charge in [-0.05, 0) is 42.9 Å². The van der Waals surface area contributed by atoms with E-state index in [0.717, 1.165) is 31.2 Å². The molecular formula is C20H29FN2O2. The Morgan fingerprint density at radius 3 is 2.56 bits per heavy atom. The maximum atomic E-state index is 13.2. The van der Waals surface area contributed by atoms with Crippen molar-refractivity contribution in [1.82, 2.24) is 10.6 Å². The van der Waals surface area contributed by atoms with E-state index < -0.39 is 6.04 Å². The lowest BCUT2D eigenvalue weighted by Crippen LogP contribution is -2.51. The van der Waals surface area contributed by atoms with Crippen LogP contribution in [0.1, 0.15) is 51.5 Å². The first-order valence-corrected chi connectivity index (χ1v) is 9.30. The van der Waals surface area contributed by atoms with Crippen molar-refractivity contribution in [1.29, 1.82) is 0 Å². The Morgan fingerprint density at radius 1 is 1.20 bits per heavy atom. The third-order valence-corrected chi connectivity index (χ3v) is 4.82. The molecule has 0 radical (unpaired) electrons. The Kier molecular flexibility index (Phi) is 7.41. The van der Waals surface area contributed by atoms with Crippen LogP contribution in [0, 0.1) is 17.7 Å². The number of amides is 2. The number of benzene rings is 1. The highest BCUT2D eigenvalue weighted by molar-refractivity contribution is 5.88. The van der Waals surface area contributed by atoms with Gasteiger partial charge in [-0.25, -0.2) is 4.39 Å². The monoisotopic (exact) mass is 348 g/mol. The van der Waals surface area contributed by atoms with Gasteiger partial charge in [-0.1, -0.05) is 45.2 Å². The van der Waals surface area contributed by atoms with Crippen molar-refractivity contribution in [3.63, 3.8) is 0 Å². The van der Waals surface area contributed by atoms with E-state index >= 15 is 0 Å². The molecule has 1 aliphatic rings. The van der Waals surface area contributed by atoms with Gasteiger partial charge in [0.25, 0.3) is 0 Å². The van der Waals surface area contributed by atoms with E-state index in [1.165, 1.54) is 18.6 Å². The maximum absolute atomic E-state index is 13.2. The first-order chi connectivity index (χ1) is 12.0. The zero-order valence-electron chi connectivity index (χ0n) is 15.2. The number of halogens is 1. The standard InChI is InChI=1S/C20H29FN2O2/c1-14(2)18(23-19(24)16-8-4-3-5-9-16)20(25)22-12-11-15-7-6-10-17(21)13-15/h6-7,10,13-14,16,18H,3-5,8-9,11-12H2,1-2H3,(H,22,25)(H,23,24)/t18-/m0/s1. The zero-order chi connectivity index (χ0) is 18.2. The molecule has 1 saturated carbocycles. The molecule has 4 nitrogen and oxygen atoms in total. The molecule has 25 heavy (non-hydrogen) atoms. The van der Waals surface area contributed by atoms with Gasteiger partial charge in [0.2, 0.25) is 11.8 Å². The van der Waals surface area contributed by atoms with Gasteiger partial charge in [-0.15, -0.1) is 0 Å². The van der Waals surface area contributed by atoms with Gasteiger partial charge in [-0.2, -0.15) is 0 Å². The molecule has 1 aliphatic carbocycles. The number of hydrogen-bond acceptors (Lipinski definition) is 2. The summed E-state index contributed by atoms with van der Waals surface area (Å²) in [6.45, 7) is 4.28. The van der Waals surface area contributed by atoms with Gasteiger partial charge in [0, 0.05) is 12.5 Å². The molecule has 2 rings (SSSR count). The number of hydrogen-bond donors (Lipinski definition) is 2. The van der Waals surface area contributed by atoms with E-state index in [1.807, 2.05) is 19.9 Å².